The highest BCUT2D eigenvalue weighted by Crippen LogP contribution is 2.14. The molecule has 1 aromatic carbocycles. The molecule has 1 aromatic rings. The van der Waals surface area contributed by atoms with E-state index in [-0.39, 0.29) is 5.69 Å². The zero-order valence-corrected chi connectivity index (χ0v) is 8.41. The number of non-ortho nitro benzene ring substituents is 1. The van der Waals surface area contributed by atoms with Crippen molar-refractivity contribution in [1.29, 1.82) is 0 Å². The summed E-state index contributed by atoms with van der Waals surface area (Å²) in [6.07, 6.45) is 0. The summed E-state index contributed by atoms with van der Waals surface area (Å²) in [7, 11) is -0.989. The highest BCUT2D eigenvalue weighted by molar-refractivity contribution is 7.98. The molecule has 1 unspecified atom stereocenters. The maximum atomic E-state index is 11.6. The Kier molecular flexibility index (Phi) is 2.87. The van der Waals surface area contributed by atoms with Crippen LogP contribution in [0, 0.1) is 10.1 Å². The summed E-state index contributed by atoms with van der Waals surface area (Å²) in [5, 5.41) is 10.3. The van der Waals surface area contributed by atoms with Crippen LogP contribution in [0.4, 0.5) is 5.69 Å². The topological polar surface area (TPSA) is 72.2 Å². The van der Waals surface area contributed by atoms with E-state index in [1.807, 2.05) is 0 Å². The molecular weight excluding hydrogens is 204 g/mol. The van der Waals surface area contributed by atoms with Gasteiger partial charge in [0.1, 0.15) is 0 Å². The largest absolute Gasteiger partial charge is 0.269 e. The number of benzene rings is 1. The van der Waals surface area contributed by atoms with Crippen molar-refractivity contribution in [3.63, 3.8) is 0 Å². The van der Waals surface area contributed by atoms with E-state index in [0.29, 0.717) is 4.90 Å². The zero-order chi connectivity index (χ0) is 10.8. The number of nitrogens with zero attached hydrogens (tertiary/aromatic N) is 1. The van der Waals surface area contributed by atoms with Gasteiger partial charge in [-0.05, 0) is 25.1 Å². The first-order chi connectivity index (χ1) is 6.47. The molecular formula is C8H10N2O3S. The standard InChI is InChI=1S/C8H10N2O3S/c1-9-14(2,13)8-5-3-7(4-6-8)10(11)12/h3-6H,2H2,1H3,(H,9,13). The molecule has 0 saturated heterocycles. The fourth-order valence-corrected chi connectivity index (χ4v) is 1.72. The van der Waals surface area contributed by atoms with E-state index in [1.54, 1.807) is 0 Å². The summed E-state index contributed by atoms with van der Waals surface area (Å²) in [4.78, 5) is 10.3. The van der Waals surface area contributed by atoms with Gasteiger partial charge >= 0.3 is 0 Å². The molecule has 1 N–H and O–H groups in total. The van der Waals surface area contributed by atoms with Crippen molar-refractivity contribution in [1.82, 2.24) is 4.72 Å². The lowest BCUT2D eigenvalue weighted by atomic mass is 10.3. The quantitative estimate of drug-likeness (QED) is 0.459. The first kappa shape index (κ1) is 10.7. The van der Waals surface area contributed by atoms with Crippen LogP contribution in [0.1, 0.15) is 0 Å². The lowest BCUT2D eigenvalue weighted by Gasteiger charge is -2.06. The minimum atomic E-state index is -2.51. The van der Waals surface area contributed by atoms with E-state index < -0.39 is 14.6 Å². The van der Waals surface area contributed by atoms with E-state index >= 15 is 0 Å². The van der Waals surface area contributed by atoms with Crippen molar-refractivity contribution in [3.05, 3.63) is 34.4 Å². The summed E-state index contributed by atoms with van der Waals surface area (Å²) in [5.74, 6) is 3.48. The SMILES string of the molecule is C=S(=O)(NC)c1ccc([N+](=O)[O-])cc1. The fraction of sp³-hybridized carbons (Fsp3) is 0.125. The van der Waals surface area contributed by atoms with Crippen molar-refractivity contribution in [2.45, 2.75) is 4.90 Å². The second-order valence-electron chi connectivity index (χ2n) is 2.63. The van der Waals surface area contributed by atoms with Crippen LogP contribution in [0.25, 0.3) is 0 Å². The molecule has 0 saturated carbocycles. The van der Waals surface area contributed by atoms with E-state index in [1.165, 1.54) is 31.3 Å². The molecule has 5 nitrogen and oxygen atoms in total. The predicted molar refractivity (Wildman–Crippen MR) is 55.7 cm³/mol. The van der Waals surface area contributed by atoms with Gasteiger partial charge in [-0.3, -0.25) is 10.1 Å². The maximum absolute atomic E-state index is 11.6. The van der Waals surface area contributed by atoms with Crippen LogP contribution in [0.2, 0.25) is 0 Å². The van der Waals surface area contributed by atoms with Crippen molar-refractivity contribution < 1.29 is 9.13 Å². The van der Waals surface area contributed by atoms with Crippen LogP contribution in [0.15, 0.2) is 29.2 Å². The predicted octanol–water partition coefficient (Wildman–Crippen LogP) is 0.804. The van der Waals surface area contributed by atoms with Gasteiger partial charge in [0.05, 0.1) is 14.6 Å². The van der Waals surface area contributed by atoms with E-state index in [2.05, 4.69) is 10.6 Å². The monoisotopic (exact) mass is 214 g/mol. The smallest absolute Gasteiger partial charge is 0.258 e. The Morgan fingerprint density at radius 3 is 2.29 bits per heavy atom. The highest BCUT2D eigenvalue weighted by Gasteiger charge is 2.08. The Morgan fingerprint density at radius 1 is 1.43 bits per heavy atom. The van der Waals surface area contributed by atoms with Crippen LogP contribution in [0.5, 0.6) is 0 Å². The second-order valence-corrected chi connectivity index (χ2v) is 4.86. The number of rotatable bonds is 3. The van der Waals surface area contributed by atoms with Gasteiger partial charge in [-0.15, -0.1) is 0 Å². The molecule has 0 fully saturated rings. The van der Waals surface area contributed by atoms with Crippen molar-refractivity contribution >= 4 is 21.3 Å². The van der Waals surface area contributed by atoms with Crippen molar-refractivity contribution in [2.75, 3.05) is 7.05 Å². The molecule has 0 aliphatic carbocycles. The van der Waals surface area contributed by atoms with Gasteiger partial charge in [-0.1, -0.05) is 0 Å². The van der Waals surface area contributed by atoms with Gasteiger partial charge < -0.3 is 0 Å². The normalized spacial score (nSPS) is 14.6. The fourth-order valence-electron chi connectivity index (χ4n) is 0.906. The third kappa shape index (κ3) is 2.09. The molecule has 0 radical (unpaired) electrons. The third-order valence-electron chi connectivity index (χ3n) is 1.76. The summed E-state index contributed by atoms with van der Waals surface area (Å²) in [6.45, 7) is 0. The number of nitrogens with one attached hydrogen (secondary N) is 1. The maximum Gasteiger partial charge on any atom is 0.269 e. The zero-order valence-electron chi connectivity index (χ0n) is 7.60. The van der Waals surface area contributed by atoms with E-state index in [9.17, 15) is 14.3 Å². The molecule has 1 rings (SSSR count). The molecule has 0 spiro atoms. The number of hydrogen-bond acceptors (Lipinski definition) is 3. The summed E-state index contributed by atoms with van der Waals surface area (Å²) >= 11 is 0. The van der Waals surface area contributed by atoms with Gasteiger partial charge in [0.15, 0.2) is 0 Å². The van der Waals surface area contributed by atoms with E-state index in [4.69, 9.17) is 0 Å². The first-order valence-corrected chi connectivity index (χ1v) is 5.50. The van der Waals surface area contributed by atoms with Crippen LogP contribution in [-0.2, 0) is 9.71 Å². The van der Waals surface area contributed by atoms with Crippen LogP contribution in [-0.4, -0.2) is 22.1 Å². The van der Waals surface area contributed by atoms with Gasteiger partial charge in [0, 0.05) is 17.0 Å². The number of hydrogen-bond donors (Lipinski definition) is 1. The van der Waals surface area contributed by atoms with Crippen molar-refractivity contribution in [2.24, 2.45) is 0 Å². The molecule has 1 atom stereocenters. The molecule has 0 aliphatic heterocycles. The van der Waals surface area contributed by atoms with Gasteiger partial charge in [0.2, 0.25) is 0 Å². The van der Waals surface area contributed by atoms with Gasteiger partial charge in [-0.2, -0.15) is 0 Å². The molecule has 0 amide bonds. The molecule has 0 bridgehead atoms. The van der Waals surface area contributed by atoms with Crippen LogP contribution in [0.3, 0.4) is 0 Å². The van der Waals surface area contributed by atoms with Gasteiger partial charge in [-0.25, -0.2) is 8.93 Å². The minimum absolute atomic E-state index is 0.0277. The molecule has 0 heterocycles. The molecule has 14 heavy (non-hydrogen) atoms. The van der Waals surface area contributed by atoms with E-state index in [0.717, 1.165) is 0 Å². The molecule has 76 valence electrons. The highest BCUT2D eigenvalue weighted by atomic mass is 32.2. The third-order valence-corrected chi connectivity index (χ3v) is 3.45. The Balaban J connectivity index is 3.12. The summed E-state index contributed by atoms with van der Waals surface area (Å²) < 4.78 is 14.2. The average molecular weight is 214 g/mol. The summed E-state index contributed by atoms with van der Waals surface area (Å²) in [5.41, 5.74) is -0.0277. The van der Waals surface area contributed by atoms with Crippen molar-refractivity contribution in [3.8, 4) is 0 Å². The Hall–Kier alpha value is -1.40. The molecule has 6 heteroatoms. The Bertz CT molecular complexity index is 436. The summed E-state index contributed by atoms with van der Waals surface area (Å²) in [6, 6.07) is 5.48. The minimum Gasteiger partial charge on any atom is -0.258 e. The lowest BCUT2D eigenvalue weighted by molar-refractivity contribution is -0.384. The van der Waals surface area contributed by atoms with Gasteiger partial charge in [0.25, 0.3) is 5.69 Å². The number of nitro groups is 1. The molecule has 0 aromatic heterocycles. The lowest BCUT2D eigenvalue weighted by Crippen LogP contribution is -2.18. The van der Waals surface area contributed by atoms with Crippen LogP contribution >= 0.6 is 0 Å². The Labute approximate surface area is 82.0 Å². The number of nitro benzene ring substituents is 1. The second kappa shape index (κ2) is 3.77. The Morgan fingerprint density at radius 2 is 1.93 bits per heavy atom. The first-order valence-electron chi connectivity index (χ1n) is 3.77. The average Bonchev–Trinajstić information content (AvgIpc) is 2.18. The van der Waals surface area contributed by atoms with Crippen LogP contribution < -0.4 is 4.72 Å². The molecule has 0 aliphatic rings.